The minimum atomic E-state index is -0.194. The molecule has 2 aliphatic carbocycles. The number of carbonyl (C=O) groups excluding carboxylic acids is 2. The Morgan fingerprint density at radius 2 is 1.97 bits per heavy atom. The average molecular weight is 527 g/mol. The number of benzene rings is 2. The van der Waals surface area contributed by atoms with E-state index >= 15 is 0 Å². The third-order valence-electron chi connectivity index (χ3n) is 9.34. The Morgan fingerprint density at radius 3 is 2.69 bits per heavy atom. The molecule has 6 heteroatoms. The highest BCUT2D eigenvalue weighted by atomic mass is 16.5. The maximum atomic E-state index is 13.8. The second-order valence-electron chi connectivity index (χ2n) is 12.1. The Balaban J connectivity index is 1.42. The summed E-state index contributed by atoms with van der Waals surface area (Å²) in [6.07, 6.45) is 3.52. The molecule has 0 radical (unpaired) electrons. The molecule has 2 aromatic rings. The van der Waals surface area contributed by atoms with Gasteiger partial charge in [0.15, 0.2) is 11.5 Å². The summed E-state index contributed by atoms with van der Waals surface area (Å²) in [6.45, 7) is 7.98. The van der Waals surface area contributed by atoms with Crippen LogP contribution >= 0.6 is 0 Å². The van der Waals surface area contributed by atoms with Crippen LogP contribution in [0.1, 0.15) is 56.7 Å². The van der Waals surface area contributed by atoms with Gasteiger partial charge in [0.2, 0.25) is 0 Å². The van der Waals surface area contributed by atoms with Gasteiger partial charge in [-0.1, -0.05) is 44.0 Å². The van der Waals surface area contributed by atoms with E-state index in [4.69, 9.17) is 9.47 Å². The fraction of sp³-hybridized carbons (Fsp3) is 0.515. The molecule has 204 valence electrons. The molecule has 2 aliphatic heterocycles. The summed E-state index contributed by atoms with van der Waals surface area (Å²) in [6, 6.07) is 14.1. The van der Waals surface area contributed by atoms with Gasteiger partial charge in [0.05, 0.1) is 19.7 Å². The van der Waals surface area contributed by atoms with Crippen molar-refractivity contribution in [3.05, 3.63) is 59.2 Å². The third-order valence-corrected chi connectivity index (χ3v) is 9.34. The summed E-state index contributed by atoms with van der Waals surface area (Å²) in [7, 11) is 1.70. The fourth-order valence-corrected chi connectivity index (χ4v) is 8.03. The summed E-state index contributed by atoms with van der Waals surface area (Å²) < 4.78 is 12.8. The number of likely N-dealkylation sites (tertiary alicyclic amines) is 1. The maximum Gasteiger partial charge on any atom is 0.299 e. The number of hydrogen-bond donors (Lipinski definition) is 0. The second kappa shape index (κ2) is 10.0. The van der Waals surface area contributed by atoms with Gasteiger partial charge in [-0.05, 0) is 74.8 Å². The van der Waals surface area contributed by atoms with Crippen LogP contribution in [-0.2, 0) is 21.4 Å². The Labute approximate surface area is 231 Å². The third kappa shape index (κ3) is 4.23. The van der Waals surface area contributed by atoms with Crippen LogP contribution in [0, 0.1) is 23.7 Å². The maximum absolute atomic E-state index is 13.8. The van der Waals surface area contributed by atoms with E-state index in [2.05, 4.69) is 36.7 Å². The molecule has 1 saturated carbocycles. The molecule has 5 atom stereocenters. The van der Waals surface area contributed by atoms with Gasteiger partial charge < -0.3 is 14.4 Å². The van der Waals surface area contributed by atoms with Crippen molar-refractivity contribution in [2.45, 2.75) is 70.1 Å². The number of piperidine rings is 1. The molecule has 1 spiro atoms. The molecule has 39 heavy (non-hydrogen) atoms. The summed E-state index contributed by atoms with van der Waals surface area (Å²) in [5.41, 5.74) is 3.24. The van der Waals surface area contributed by atoms with Crippen molar-refractivity contribution in [1.82, 2.24) is 9.80 Å². The zero-order valence-electron chi connectivity index (χ0n) is 23.4. The van der Waals surface area contributed by atoms with Gasteiger partial charge >= 0.3 is 0 Å². The Bertz CT molecular complexity index is 1340. The first kappa shape index (κ1) is 26.0. The second-order valence-corrected chi connectivity index (χ2v) is 12.1. The van der Waals surface area contributed by atoms with Gasteiger partial charge in [0.25, 0.3) is 5.91 Å². The molecule has 4 aliphatic rings. The van der Waals surface area contributed by atoms with Crippen molar-refractivity contribution in [2.75, 3.05) is 26.7 Å². The Morgan fingerprint density at radius 1 is 1.18 bits per heavy atom. The molecule has 6 rings (SSSR count). The van der Waals surface area contributed by atoms with Crippen LogP contribution in [0.2, 0.25) is 0 Å². The van der Waals surface area contributed by atoms with E-state index in [1.54, 1.807) is 14.0 Å². The van der Waals surface area contributed by atoms with Gasteiger partial charge in [-0.3, -0.25) is 14.5 Å². The summed E-state index contributed by atoms with van der Waals surface area (Å²) >= 11 is 0. The molecule has 2 fully saturated rings. The van der Waals surface area contributed by atoms with E-state index in [1.165, 1.54) is 11.1 Å². The fourth-order valence-electron chi connectivity index (χ4n) is 8.03. The van der Waals surface area contributed by atoms with E-state index in [1.807, 2.05) is 41.3 Å². The Kier molecular flexibility index (Phi) is 6.67. The van der Waals surface area contributed by atoms with Crippen LogP contribution < -0.4 is 9.47 Å². The smallest absolute Gasteiger partial charge is 0.299 e. The van der Waals surface area contributed by atoms with Crippen molar-refractivity contribution in [1.29, 1.82) is 0 Å². The molecular weight excluding hydrogens is 488 g/mol. The number of carbonyl (C=O) groups is 2. The van der Waals surface area contributed by atoms with Crippen LogP contribution in [0.5, 0.6) is 11.5 Å². The number of Topliss-reactive ketones (excluding diaryl/α,β-unsaturated/α-hetero) is 1. The molecule has 1 saturated heterocycles. The standard InChI is InChI=1S/C33H38N2O4/c1-21(2)19-35(29(37)15-10-23-8-6-5-7-9-23)26-13-12-25-27-18-24-11-14-28(38-4)31-30(24)33(25,32(26)39-31)16-17-34(27)20-22(3)36/h5-9,11,14,21,25-27,32H,12-13,16-20H2,1-4H3/t25-,26-,27+,32-,33-/m0/s1. The lowest BCUT2D eigenvalue weighted by Crippen LogP contribution is -2.69. The number of ketones is 1. The first-order valence-electron chi connectivity index (χ1n) is 14.3. The highest BCUT2D eigenvalue weighted by Crippen LogP contribution is 2.64. The highest BCUT2D eigenvalue weighted by Gasteiger charge is 2.66. The van der Waals surface area contributed by atoms with Crippen molar-refractivity contribution in [2.24, 2.45) is 11.8 Å². The lowest BCUT2D eigenvalue weighted by molar-refractivity contribution is -0.139. The van der Waals surface area contributed by atoms with Crippen molar-refractivity contribution in [3.63, 3.8) is 0 Å². The predicted octanol–water partition coefficient (Wildman–Crippen LogP) is 4.23. The molecule has 0 N–H and O–H groups in total. The van der Waals surface area contributed by atoms with Crippen LogP contribution in [0.3, 0.4) is 0 Å². The minimum absolute atomic E-state index is 0.0794. The Hall–Kier alpha value is -3.30. The van der Waals surface area contributed by atoms with E-state index in [0.717, 1.165) is 49.3 Å². The number of nitrogens with zero attached hydrogens (tertiary/aromatic N) is 2. The average Bonchev–Trinajstić information content (AvgIpc) is 3.27. The first-order chi connectivity index (χ1) is 18.8. The quantitative estimate of drug-likeness (QED) is 0.528. The summed E-state index contributed by atoms with van der Waals surface area (Å²) in [4.78, 5) is 30.4. The monoisotopic (exact) mass is 526 g/mol. The number of ether oxygens (including phenoxy) is 2. The molecule has 2 heterocycles. The first-order valence-corrected chi connectivity index (χ1v) is 14.3. The van der Waals surface area contributed by atoms with Crippen molar-refractivity contribution >= 4 is 11.7 Å². The van der Waals surface area contributed by atoms with Gasteiger partial charge in [0.1, 0.15) is 11.9 Å². The van der Waals surface area contributed by atoms with E-state index in [9.17, 15) is 9.59 Å². The van der Waals surface area contributed by atoms with E-state index in [0.29, 0.717) is 31.0 Å². The summed E-state index contributed by atoms with van der Waals surface area (Å²) in [5, 5.41) is 0. The topological polar surface area (TPSA) is 59.1 Å². The SMILES string of the molecule is COc1ccc2c3c1O[C@H]1[C@@H](N(CC(C)C)C(=O)C#Cc4ccccc4)CC[C@H]4[C@@H](C2)N(CC(C)=O)CC[C@@]341. The highest BCUT2D eigenvalue weighted by molar-refractivity contribution is 5.94. The van der Waals surface area contributed by atoms with Crippen LogP contribution in [0.25, 0.3) is 0 Å². The van der Waals surface area contributed by atoms with Gasteiger partial charge in [-0.2, -0.15) is 0 Å². The zero-order chi connectivity index (χ0) is 27.3. The zero-order valence-corrected chi connectivity index (χ0v) is 23.4. The molecule has 0 aromatic heterocycles. The van der Waals surface area contributed by atoms with E-state index in [-0.39, 0.29) is 29.3 Å². The molecule has 2 aromatic carbocycles. The minimum Gasteiger partial charge on any atom is -0.493 e. The predicted molar refractivity (Wildman–Crippen MR) is 150 cm³/mol. The number of rotatable bonds is 6. The largest absolute Gasteiger partial charge is 0.493 e. The van der Waals surface area contributed by atoms with Crippen LogP contribution in [0.4, 0.5) is 0 Å². The molecule has 2 bridgehead atoms. The summed E-state index contributed by atoms with van der Waals surface area (Å²) in [5.74, 6) is 8.42. The van der Waals surface area contributed by atoms with Gasteiger partial charge in [0, 0.05) is 35.0 Å². The molecular formula is C33H38N2O4. The lowest BCUT2D eigenvalue weighted by atomic mass is 9.51. The number of methoxy groups -OCH3 is 1. The van der Waals surface area contributed by atoms with Crippen LogP contribution in [-0.4, -0.2) is 66.4 Å². The van der Waals surface area contributed by atoms with Crippen LogP contribution in [0.15, 0.2) is 42.5 Å². The number of hydrogen-bond acceptors (Lipinski definition) is 5. The van der Waals surface area contributed by atoms with Gasteiger partial charge in [-0.15, -0.1) is 0 Å². The normalized spacial score (nSPS) is 28.1. The van der Waals surface area contributed by atoms with Crippen molar-refractivity contribution < 1.29 is 19.1 Å². The van der Waals surface area contributed by atoms with Gasteiger partial charge in [-0.25, -0.2) is 0 Å². The molecule has 1 amide bonds. The molecule has 0 unspecified atom stereocenters. The van der Waals surface area contributed by atoms with E-state index < -0.39 is 0 Å². The van der Waals surface area contributed by atoms with Crippen molar-refractivity contribution in [3.8, 4) is 23.3 Å². The number of amides is 1. The molecule has 6 nitrogen and oxygen atoms in total. The lowest BCUT2D eigenvalue weighted by Gasteiger charge is -2.60.